The average molecular weight is 259 g/mol. The zero-order valence-corrected chi connectivity index (χ0v) is 11.6. The lowest BCUT2D eigenvalue weighted by atomic mass is 10.0. The van der Waals surface area contributed by atoms with Crippen LogP contribution >= 0.6 is 0 Å². The zero-order valence-electron chi connectivity index (χ0n) is 11.6. The number of hydrogen-bond acceptors (Lipinski definition) is 3. The third-order valence-corrected chi connectivity index (χ3v) is 2.57. The number of nitrogens with one attached hydrogen (secondary N) is 2. The van der Waals surface area contributed by atoms with Crippen LogP contribution in [0.2, 0.25) is 0 Å². The van der Waals surface area contributed by atoms with E-state index in [-0.39, 0.29) is 24.5 Å². The Kier molecular flexibility index (Phi) is 7.35. The van der Waals surface area contributed by atoms with Crippen molar-refractivity contribution in [2.24, 2.45) is 17.6 Å². The summed E-state index contributed by atoms with van der Waals surface area (Å²) in [5.74, 6) is -0.0246. The first-order chi connectivity index (χ1) is 8.27. The van der Waals surface area contributed by atoms with Gasteiger partial charge in [0.15, 0.2) is 0 Å². The summed E-state index contributed by atoms with van der Waals surface area (Å²) in [6, 6.07) is -1.70. The quantitative estimate of drug-likeness (QED) is 0.525. The lowest BCUT2D eigenvalue weighted by Crippen LogP contribution is -2.54. The molecule has 0 bridgehead atoms. The van der Waals surface area contributed by atoms with E-state index < -0.39 is 12.1 Å². The molecule has 0 rings (SSSR count). The van der Waals surface area contributed by atoms with Crippen LogP contribution in [-0.2, 0) is 4.79 Å². The van der Waals surface area contributed by atoms with Crippen LogP contribution in [0.4, 0.5) is 4.79 Å². The third kappa shape index (κ3) is 6.44. The van der Waals surface area contributed by atoms with Gasteiger partial charge in [0.05, 0.1) is 12.6 Å². The fourth-order valence-electron chi connectivity index (χ4n) is 1.73. The van der Waals surface area contributed by atoms with Crippen LogP contribution in [0, 0.1) is 11.8 Å². The van der Waals surface area contributed by atoms with Gasteiger partial charge in [-0.2, -0.15) is 0 Å². The molecule has 0 aromatic rings. The van der Waals surface area contributed by atoms with Gasteiger partial charge in [-0.05, 0) is 18.3 Å². The van der Waals surface area contributed by atoms with E-state index in [0.717, 1.165) is 0 Å². The van der Waals surface area contributed by atoms with Crippen LogP contribution in [0.25, 0.3) is 0 Å². The van der Waals surface area contributed by atoms with Crippen molar-refractivity contribution in [3.63, 3.8) is 0 Å². The summed E-state index contributed by atoms with van der Waals surface area (Å²) in [6.45, 7) is 7.53. The largest absolute Gasteiger partial charge is 0.394 e. The van der Waals surface area contributed by atoms with Crippen molar-refractivity contribution >= 4 is 11.9 Å². The molecule has 0 aliphatic carbocycles. The van der Waals surface area contributed by atoms with Crippen molar-refractivity contribution in [1.29, 1.82) is 0 Å². The Morgan fingerprint density at radius 1 is 1.17 bits per heavy atom. The van der Waals surface area contributed by atoms with Gasteiger partial charge in [0.25, 0.3) is 0 Å². The Hall–Kier alpha value is -1.30. The van der Waals surface area contributed by atoms with Gasteiger partial charge in [-0.15, -0.1) is 0 Å². The molecular formula is C12H25N3O3. The molecule has 0 fully saturated rings. The average Bonchev–Trinajstić information content (AvgIpc) is 2.23. The van der Waals surface area contributed by atoms with Crippen LogP contribution in [0.1, 0.15) is 34.1 Å². The fourth-order valence-corrected chi connectivity index (χ4v) is 1.73. The number of aliphatic hydroxyl groups is 1. The maximum absolute atomic E-state index is 12.0. The van der Waals surface area contributed by atoms with E-state index in [1.807, 2.05) is 27.7 Å². The highest BCUT2D eigenvalue weighted by molar-refractivity contribution is 5.86. The Labute approximate surface area is 108 Å². The smallest absolute Gasteiger partial charge is 0.312 e. The van der Waals surface area contributed by atoms with Crippen LogP contribution < -0.4 is 16.4 Å². The third-order valence-electron chi connectivity index (χ3n) is 2.57. The Morgan fingerprint density at radius 2 is 1.72 bits per heavy atom. The molecule has 0 saturated carbocycles. The molecule has 5 N–H and O–H groups in total. The highest BCUT2D eigenvalue weighted by Gasteiger charge is 2.25. The molecule has 0 spiro atoms. The number of nitrogens with two attached hydrogens (primary N) is 1. The standard InChI is InChI=1S/C12H25N3O3/c1-7(2)5-9(6-16)14-11(17)10(8(3)4)15-12(13)18/h7-10,16H,5-6H2,1-4H3,(H,14,17)(H3,13,15,18). The predicted octanol–water partition coefficient (Wildman–Crippen LogP) is 0.203. The number of hydrogen-bond donors (Lipinski definition) is 4. The number of primary amides is 1. The molecule has 6 nitrogen and oxygen atoms in total. The van der Waals surface area contributed by atoms with Crippen LogP contribution in [0.5, 0.6) is 0 Å². The molecule has 6 heteroatoms. The molecule has 3 amide bonds. The van der Waals surface area contributed by atoms with Gasteiger partial charge in [0, 0.05) is 0 Å². The highest BCUT2D eigenvalue weighted by Crippen LogP contribution is 2.06. The molecule has 18 heavy (non-hydrogen) atoms. The van der Waals surface area contributed by atoms with Gasteiger partial charge in [-0.25, -0.2) is 4.79 Å². The lowest BCUT2D eigenvalue weighted by Gasteiger charge is -2.24. The molecule has 0 aliphatic heterocycles. The van der Waals surface area contributed by atoms with Crippen molar-refractivity contribution in [1.82, 2.24) is 10.6 Å². The topological polar surface area (TPSA) is 104 Å². The molecule has 0 saturated heterocycles. The van der Waals surface area contributed by atoms with Crippen LogP contribution in [0.3, 0.4) is 0 Å². The van der Waals surface area contributed by atoms with E-state index in [1.54, 1.807) is 0 Å². The molecule has 106 valence electrons. The lowest BCUT2D eigenvalue weighted by molar-refractivity contribution is -0.125. The first-order valence-corrected chi connectivity index (χ1v) is 6.25. The van der Waals surface area contributed by atoms with E-state index in [4.69, 9.17) is 5.73 Å². The minimum absolute atomic E-state index is 0.0732. The van der Waals surface area contributed by atoms with Gasteiger partial charge in [0.2, 0.25) is 5.91 Å². The zero-order chi connectivity index (χ0) is 14.3. The van der Waals surface area contributed by atoms with Crippen LogP contribution in [0.15, 0.2) is 0 Å². The molecule has 0 radical (unpaired) electrons. The summed E-state index contributed by atoms with van der Waals surface area (Å²) in [5.41, 5.74) is 5.03. The number of rotatable bonds is 7. The summed E-state index contributed by atoms with van der Waals surface area (Å²) in [7, 11) is 0. The van der Waals surface area contributed by atoms with E-state index in [2.05, 4.69) is 10.6 Å². The Bertz CT molecular complexity index is 280. The Morgan fingerprint density at radius 3 is 2.06 bits per heavy atom. The summed E-state index contributed by atoms with van der Waals surface area (Å²) in [5, 5.41) is 14.3. The van der Waals surface area contributed by atoms with E-state index >= 15 is 0 Å². The molecule has 0 aromatic carbocycles. The predicted molar refractivity (Wildman–Crippen MR) is 69.8 cm³/mol. The van der Waals surface area contributed by atoms with Gasteiger partial charge < -0.3 is 21.5 Å². The highest BCUT2D eigenvalue weighted by atomic mass is 16.3. The van der Waals surface area contributed by atoms with E-state index in [9.17, 15) is 14.7 Å². The van der Waals surface area contributed by atoms with Gasteiger partial charge in [-0.1, -0.05) is 27.7 Å². The maximum atomic E-state index is 12.0. The summed E-state index contributed by atoms with van der Waals surface area (Å²) in [6.07, 6.45) is 0.684. The Balaban J connectivity index is 4.52. The molecular weight excluding hydrogens is 234 g/mol. The van der Waals surface area contributed by atoms with Gasteiger partial charge in [-0.3, -0.25) is 4.79 Å². The number of carbonyl (C=O) groups is 2. The minimum Gasteiger partial charge on any atom is -0.394 e. The second-order valence-corrected chi connectivity index (χ2v) is 5.25. The van der Waals surface area contributed by atoms with E-state index in [0.29, 0.717) is 12.3 Å². The van der Waals surface area contributed by atoms with Crippen LogP contribution in [-0.4, -0.2) is 35.7 Å². The van der Waals surface area contributed by atoms with Gasteiger partial charge >= 0.3 is 6.03 Å². The molecule has 0 aromatic heterocycles. The second kappa shape index (κ2) is 7.92. The number of amides is 3. The summed E-state index contributed by atoms with van der Waals surface area (Å²) >= 11 is 0. The van der Waals surface area contributed by atoms with Crippen molar-refractivity contribution < 1.29 is 14.7 Å². The number of aliphatic hydroxyl groups excluding tert-OH is 1. The molecule has 0 aliphatic rings. The normalized spacial score (nSPS) is 14.4. The molecule has 0 heterocycles. The maximum Gasteiger partial charge on any atom is 0.312 e. The SMILES string of the molecule is CC(C)CC(CO)NC(=O)C(NC(N)=O)C(C)C. The summed E-state index contributed by atoms with van der Waals surface area (Å²) in [4.78, 5) is 22.8. The van der Waals surface area contributed by atoms with Crippen molar-refractivity contribution in [3.05, 3.63) is 0 Å². The van der Waals surface area contributed by atoms with E-state index in [1.165, 1.54) is 0 Å². The summed E-state index contributed by atoms with van der Waals surface area (Å²) < 4.78 is 0. The van der Waals surface area contributed by atoms with Crippen molar-refractivity contribution in [3.8, 4) is 0 Å². The molecule has 2 unspecified atom stereocenters. The fraction of sp³-hybridized carbons (Fsp3) is 0.833. The second-order valence-electron chi connectivity index (χ2n) is 5.25. The number of urea groups is 1. The number of carbonyl (C=O) groups excluding carboxylic acids is 2. The minimum atomic E-state index is -0.728. The van der Waals surface area contributed by atoms with Crippen molar-refractivity contribution in [2.75, 3.05) is 6.61 Å². The first kappa shape index (κ1) is 16.7. The van der Waals surface area contributed by atoms with Gasteiger partial charge in [0.1, 0.15) is 6.04 Å². The first-order valence-electron chi connectivity index (χ1n) is 6.25. The van der Waals surface area contributed by atoms with Crippen molar-refractivity contribution in [2.45, 2.75) is 46.2 Å². The monoisotopic (exact) mass is 259 g/mol. The molecule has 2 atom stereocenters.